The van der Waals surface area contributed by atoms with E-state index in [0.717, 1.165) is 37.6 Å². The minimum atomic E-state index is 0.240. The number of carbonyl (C=O) groups excluding carboxylic acids is 1. The topological polar surface area (TPSA) is 41.1 Å². The summed E-state index contributed by atoms with van der Waals surface area (Å²) in [4.78, 5) is 11.8. The zero-order valence-corrected chi connectivity index (χ0v) is 11.9. The third-order valence-corrected chi connectivity index (χ3v) is 4.20. The van der Waals surface area contributed by atoms with Gasteiger partial charge in [-0.3, -0.25) is 4.79 Å². The van der Waals surface area contributed by atoms with Crippen molar-refractivity contribution in [3.8, 4) is 0 Å². The molecule has 17 heavy (non-hydrogen) atoms. The molecule has 3 nitrogen and oxygen atoms in total. The zero-order valence-electron chi connectivity index (χ0n) is 11.1. The van der Waals surface area contributed by atoms with Gasteiger partial charge in [0, 0.05) is 18.2 Å². The molecule has 0 spiro atoms. The SMILES string of the molecule is CCC(CSC)NC(=O)CCC1CCNCC1. The quantitative estimate of drug-likeness (QED) is 0.734. The summed E-state index contributed by atoms with van der Waals surface area (Å²) in [5.41, 5.74) is 0. The van der Waals surface area contributed by atoms with E-state index in [1.54, 1.807) is 11.8 Å². The van der Waals surface area contributed by atoms with Gasteiger partial charge in [-0.1, -0.05) is 6.92 Å². The van der Waals surface area contributed by atoms with Crippen LogP contribution in [0.2, 0.25) is 0 Å². The van der Waals surface area contributed by atoms with Crippen LogP contribution in [0.5, 0.6) is 0 Å². The van der Waals surface area contributed by atoms with Gasteiger partial charge in [0.25, 0.3) is 0 Å². The maximum Gasteiger partial charge on any atom is 0.220 e. The molecule has 1 fully saturated rings. The van der Waals surface area contributed by atoms with Crippen molar-refractivity contribution >= 4 is 17.7 Å². The molecule has 4 heteroatoms. The summed E-state index contributed by atoms with van der Waals surface area (Å²) < 4.78 is 0. The number of hydrogen-bond acceptors (Lipinski definition) is 3. The maximum absolute atomic E-state index is 11.8. The van der Waals surface area contributed by atoms with Gasteiger partial charge in [0.2, 0.25) is 5.91 Å². The highest BCUT2D eigenvalue weighted by molar-refractivity contribution is 7.98. The molecule has 0 bridgehead atoms. The first-order valence-electron chi connectivity index (χ1n) is 6.75. The van der Waals surface area contributed by atoms with Gasteiger partial charge >= 0.3 is 0 Å². The minimum Gasteiger partial charge on any atom is -0.353 e. The van der Waals surface area contributed by atoms with Crippen LogP contribution in [0.3, 0.4) is 0 Å². The van der Waals surface area contributed by atoms with Gasteiger partial charge in [-0.2, -0.15) is 11.8 Å². The molecule has 0 saturated carbocycles. The van der Waals surface area contributed by atoms with Crippen molar-refractivity contribution in [3.05, 3.63) is 0 Å². The number of carbonyl (C=O) groups is 1. The number of amides is 1. The summed E-state index contributed by atoms with van der Waals surface area (Å²) in [5, 5.41) is 6.49. The third kappa shape index (κ3) is 6.32. The molecule has 1 amide bonds. The molecule has 1 unspecified atom stereocenters. The predicted octanol–water partition coefficient (Wildman–Crippen LogP) is 2.02. The van der Waals surface area contributed by atoms with E-state index in [2.05, 4.69) is 23.8 Å². The lowest BCUT2D eigenvalue weighted by Gasteiger charge is -2.22. The van der Waals surface area contributed by atoms with Gasteiger partial charge in [-0.15, -0.1) is 0 Å². The van der Waals surface area contributed by atoms with Gasteiger partial charge < -0.3 is 10.6 Å². The Morgan fingerprint density at radius 1 is 1.47 bits per heavy atom. The number of thioether (sulfide) groups is 1. The Balaban J connectivity index is 2.14. The maximum atomic E-state index is 11.8. The fraction of sp³-hybridized carbons (Fsp3) is 0.923. The minimum absolute atomic E-state index is 0.240. The second kappa shape index (κ2) is 8.81. The molecule has 0 aromatic rings. The monoisotopic (exact) mass is 258 g/mol. The molecular weight excluding hydrogens is 232 g/mol. The second-order valence-corrected chi connectivity index (χ2v) is 5.77. The molecule has 1 aliphatic rings. The van der Waals surface area contributed by atoms with E-state index in [9.17, 15) is 4.79 Å². The lowest BCUT2D eigenvalue weighted by atomic mass is 9.93. The van der Waals surface area contributed by atoms with E-state index in [1.807, 2.05) is 0 Å². The smallest absolute Gasteiger partial charge is 0.220 e. The molecule has 1 atom stereocenters. The number of piperidine rings is 1. The lowest BCUT2D eigenvalue weighted by Crippen LogP contribution is -2.36. The van der Waals surface area contributed by atoms with E-state index in [0.29, 0.717) is 12.5 Å². The van der Waals surface area contributed by atoms with Gasteiger partial charge in [0.1, 0.15) is 0 Å². The molecular formula is C13H26N2OS. The predicted molar refractivity (Wildman–Crippen MR) is 75.4 cm³/mol. The summed E-state index contributed by atoms with van der Waals surface area (Å²) in [6.07, 6.45) is 7.34. The number of nitrogens with one attached hydrogen (secondary N) is 2. The molecule has 1 heterocycles. The third-order valence-electron chi connectivity index (χ3n) is 3.46. The molecule has 0 aromatic carbocycles. The van der Waals surface area contributed by atoms with Crippen molar-refractivity contribution in [1.29, 1.82) is 0 Å². The van der Waals surface area contributed by atoms with Crippen molar-refractivity contribution in [3.63, 3.8) is 0 Å². The van der Waals surface area contributed by atoms with Crippen LogP contribution in [0, 0.1) is 5.92 Å². The van der Waals surface area contributed by atoms with E-state index < -0.39 is 0 Å². The van der Waals surface area contributed by atoms with Crippen molar-refractivity contribution in [2.75, 3.05) is 25.1 Å². The van der Waals surface area contributed by atoms with E-state index in [1.165, 1.54) is 12.8 Å². The average molecular weight is 258 g/mol. The fourth-order valence-corrected chi connectivity index (χ4v) is 2.99. The summed E-state index contributed by atoms with van der Waals surface area (Å²) >= 11 is 1.80. The molecule has 0 radical (unpaired) electrons. The first-order chi connectivity index (χ1) is 8.26. The molecule has 1 rings (SSSR count). The van der Waals surface area contributed by atoms with E-state index in [4.69, 9.17) is 0 Å². The standard InChI is InChI=1S/C13H26N2OS/c1-3-12(10-17-2)15-13(16)5-4-11-6-8-14-9-7-11/h11-12,14H,3-10H2,1-2H3,(H,15,16). The van der Waals surface area contributed by atoms with Crippen molar-refractivity contribution in [1.82, 2.24) is 10.6 Å². The molecule has 1 saturated heterocycles. The highest BCUT2D eigenvalue weighted by Crippen LogP contribution is 2.17. The van der Waals surface area contributed by atoms with Crippen LogP contribution < -0.4 is 10.6 Å². The van der Waals surface area contributed by atoms with Crippen molar-refractivity contribution in [2.24, 2.45) is 5.92 Å². The second-order valence-electron chi connectivity index (χ2n) is 4.86. The Morgan fingerprint density at radius 2 is 2.18 bits per heavy atom. The highest BCUT2D eigenvalue weighted by Gasteiger charge is 2.15. The van der Waals surface area contributed by atoms with E-state index >= 15 is 0 Å². The Morgan fingerprint density at radius 3 is 2.76 bits per heavy atom. The lowest BCUT2D eigenvalue weighted by molar-refractivity contribution is -0.122. The van der Waals surface area contributed by atoms with Crippen molar-refractivity contribution < 1.29 is 4.79 Å². The molecule has 2 N–H and O–H groups in total. The van der Waals surface area contributed by atoms with E-state index in [-0.39, 0.29) is 5.91 Å². The van der Waals surface area contributed by atoms with Crippen LogP contribution in [-0.2, 0) is 4.79 Å². The first kappa shape index (κ1) is 14.8. The Labute approximate surface area is 109 Å². The number of hydrogen-bond donors (Lipinski definition) is 2. The Kier molecular flexibility index (Phi) is 7.69. The van der Waals surface area contributed by atoms with Crippen molar-refractivity contribution in [2.45, 2.75) is 45.1 Å². The van der Waals surface area contributed by atoms with Crippen LogP contribution in [-0.4, -0.2) is 37.0 Å². The Hall–Kier alpha value is -0.220. The van der Waals surface area contributed by atoms with Gasteiger partial charge in [-0.25, -0.2) is 0 Å². The first-order valence-corrected chi connectivity index (χ1v) is 8.14. The van der Waals surface area contributed by atoms with Crippen LogP contribution in [0.15, 0.2) is 0 Å². The molecule has 100 valence electrons. The average Bonchev–Trinajstić information content (AvgIpc) is 2.37. The van der Waals surface area contributed by atoms with Crippen LogP contribution in [0.25, 0.3) is 0 Å². The van der Waals surface area contributed by atoms with Crippen LogP contribution >= 0.6 is 11.8 Å². The summed E-state index contributed by atoms with van der Waals surface area (Å²) in [6.45, 7) is 4.38. The van der Waals surface area contributed by atoms with Crippen LogP contribution in [0.4, 0.5) is 0 Å². The summed E-state index contributed by atoms with van der Waals surface area (Å²) in [5.74, 6) is 2.02. The fourth-order valence-electron chi connectivity index (χ4n) is 2.27. The van der Waals surface area contributed by atoms with Crippen LogP contribution in [0.1, 0.15) is 39.0 Å². The summed E-state index contributed by atoms with van der Waals surface area (Å²) in [7, 11) is 0. The highest BCUT2D eigenvalue weighted by atomic mass is 32.2. The molecule has 0 aliphatic carbocycles. The summed E-state index contributed by atoms with van der Waals surface area (Å²) in [6, 6.07) is 0.352. The Bertz CT molecular complexity index is 217. The van der Waals surface area contributed by atoms with Gasteiger partial charge in [-0.05, 0) is 50.9 Å². The zero-order chi connectivity index (χ0) is 12.5. The van der Waals surface area contributed by atoms with Gasteiger partial charge in [0.05, 0.1) is 0 Å². The van der Waals surface area contributed by atoms with Gasteiger partial charge in [0.15, 0.2) is 0 Å². The largest absolute Gasteiger partial charge is 0.353 e. The molecule has 0 aromatic heterocycles. The normalized spacial score (nSPS) is 18.9. The molecule has 1 aliphatic heterocycles. The number of rotatable bonds is 7.